The van der Waals surface area contributed by atoms with Crippen LogP contribution in [0, 0.1) is 11.3 Å². The van der Waals surface area contributed by atoms with Crippen LogP contribution in [0.3, 0.4) is 0 Å². The van der Waals surface area contributed by atoms with E-state index in [0.29, 0.717) is 10.0 Å². The zero-order chi connectivity index (χ0) is 18.8. The van der Waals surface area contributed by atoms with Crippen LogP contribution in [0.15, 0.2) is 65.2 Å². The number of hydrogen-bond acceptors (Lipinski definition) is 3. The number of allylic oxidation sites excluding steroid dienone is 2. The van der Waals surface area contributed by atoms with Gasteiger partial charge < -0.3 is 10.4 Å². The highest BCUT2D eigenvalue weighted by Gasteiger charge is 2.17. The second kappa shape index (κ2) is 10.3. The molecule has 2 N–H and O–H groups in total. The van der Waals surface area contributed by atoms with Crippen molar-refractivity contribution in [1.82, 2.24) is 5.32 Å². The van der Waals surface area contributed by atoms with Crippen molar-refractivity contribution in [1.29, 1.82) is 5.26 Å². The molecule has 5 heteroatoms. The molecule has 0 radical (unpaired) electrons. The average Bonchev–Trinajstić information content (AvgIpc) is 2.60. The highest BCUT2D eigenvalue weighted by molar-refractivity contribution is 9.10. The van der Waals surface area contributed by atoms with E-state index in [1.807, 2.05) is 13.0 Å². The fourth-order valence-electron chi connectivity index (χ4n) is 2.24. The summed E-state index contributed by atoms with van der Waals surface area (Å²) in [5.74, 6) is -0.365. The number of benzene rings is 1. The van der Waals surface area contributed by atoms with Crippen molar-refractivity contribution in [3.05, 3.63) is 70.8 Å². The molecule has 0 spiro atoms. The Morgan fingerprint density at radius 2 is 2.20 bits per heavy atom. The van der Waals surface area contributed by atoms with E-state index in [0.717, 1.165) is 18.4 Å². The third-order valence-corrected chi connectivity index (χ3v) is 4.11. The number of phenols is 1. The molecule has 25 heavy (non-hydrogen) atoms. The zero-order valence-electron chi connectivity index (χ0n) is 14.1. The molecule has 0 saturated heterocycles. The Labute approximate surface area is 157 Å². The van der Waals surface area contributed by atoms with Crippen molar-refractivity contribution in [3.8, 4) is 11.8 Å². The molecule has 1 atom stereocenters. The van der Waals surface area contributed by atoms with Crippen LogP contribution < -0.4 is 5.32 Å². The van der Waals surface area contributed by atoms with Crippen LogP contribution in [-0.2, 0) is 4.79 Å². The van der Waals surface area contributed by atoms with Crippen molar-refractivity contribution in [2.24, 2.45) is 0 Å². The molecule has 1 rings (SSSR count). The summed E-state index contributed by atoms with van der Waals surface area (Å²) in [6.07, 6.45) is 8.18. The minimum absolute atomic E-state index is 0.0132. The molecule has 0 aliphatic heterocycles. The van der Waals surface area contributed by atoms with Gasteiger partial charge >= 0.3 is 0 Å². The Hall–Kier alpha value is -2.58. The number of amides is 1. The Bertz CT molecular complexity index is 757. The lowest BCUT2D eigenvalue weighted by Gasteiger charge is -2.19. The van der Waals surface area contributed by atoms with Crippen LogP contribution in [0.5, 0.6) is 5.75 Å². The summed E-state index contributed by atoms with van der Waals surface area (Å²) in [6.45, 7) is 9.45. The first-order chi connectivity index (χ1) is 12.0. The minimum Gasteiger partial charge on any atom is -0.507 e. The maximum atomic E-state index is 12.5. The van der Waals surface area contributed by atoms with Crippen LogP contribution in [0.25, 0.3) is 6.08 Å². The van der Waals surface area contributed by atoms with Crippen LogP contribution in [0.2, 0.25) is 0 Å². The van der Waals surface area contributed by atoms with Crippen LogP contribution in [0.1, 0.15) is 25.3 Å². The van der Waals surface area contributed by atoms with E-state index in [9.17, 15) is 15.2 Å². The van der Waals surface area contributed by atoms with E-state index < -0.39 is 5.91 Å². The topological polar surface area (TPSA) is 73.1 Å². The molecular formula is C20H21BrN2O2. The summed E-state index contributed by atoms with van der Waals surface area (Å²) in [5, 5.41) is 21.7. The molecule has 0 aliphatic carbocycles. The van der Waals surface area contributed by atoms with Crippen molar-refractivity contribution < 1.29 is 9.90 Å². The number of halogens is 1. The summed E-state index contributed by atoms with van der Waals surface area (Å²) in [5.41, 5.74) is 1.46. The van der Waals surface area contributed by atoms with Crippen molar-refractivity contribution in [2.75, 3.05) is 0 Å². The molecule has 1 aromatic rings. The van der Waals surface area contributed by atoms with Gasteiger partial charge in [0, 0.05) is 0 Å². The number of carbonyl (C=O) groups excluding carboxylic acids is 1. The van der Waals surface area contributed by atoms with Crippen molar-refractivity contribution in [2.45, 2.75) is 25.8 Å². The molecule has 1 aromatic carbocycles. The van der Waals surface area contributed by atoms with E-state index in [1.165, 1.54) is 12.1 Å². The molecule has 0 aromatic heterocycles. The standard InChI is InChI=1S/C20H21BrN2O2/c1-4-7-15(6-3)18(8-5-2)23-20(25)16(13-22)11-14-9-10-19(24)17(21)12-14/h4,6-7,9-12,18,24H,1,3,5,8H2,2H3,(H,23,25)/b15-7+,16-11+/t18-/m0/s1. The number of aromatic hydroxyl groups is 1. The Kier molecular flexibility index (Phi) is 8.45. The quantitative estimate of drug-likeness (QED) is 0.379. The number of nitriles is 1. The number of nitrogens with one attached hydrogen (secondary N) is 1. The lowest BCUT2D eigenvalue weighted by Crippen LogP contribution is -2.36. The molecule has 130 valence electrons. The smallest absolute Gasteiger partial charge is 0.262 e. The Morgan fingerprint density at radius 3 is 2.72 bits per heavy atom. The Morgan fingerprint density at radius 1 is 1.48 bits per heavy atom. The monoisotopic (exact) mass is 400 g/mol. The second-order valence-electron chi connectivity index (χ2n) is 5.30. The highest BCUT2D eigenvalue weighted by atomic mass is 79.9. The molecule has 0 bridgehead atoms. The van der Waals surface area contributed by atoms with Crippen molar-refractivity contribution in [3.63, 3.8) is 0 Å². The average molecular weight is 401 g/mol. The summed E-state index contributed by atoms with van der Waals surface area (Å²) in [6, 6.07) is 6.44. The third kappa shape index (κ3) is 6.09. The second-order valence-corrected chi connectivity index (χ2v) is 6.16. The molecule has 4 nitrogen and oxygen atoms in total. The van der Waals surface area contributed by atoms with E-state index in [2.05, 4.69) is 34.4 Å². The van der Waals surface area contributed by atoms with Crippen LogP contribution >= 0.6 is 15.9 Å². The van der Waals surface area contributed by atoms with Gasteiger partial charge in [0.15, 0.2) is 0 Å². The van der Waals surface area contributed by atoms with Gasteiger partial charge in [-0.2, -0.15) is 5.26 Å². The predicted octanol–water partition coefficient (Wildman–Crippen LogP) is 4.64. The fraction of sp³-hybridized carbons (Fsp3) is 0.200. The molecule has 0 fully saturated rings. The lowest BCUT2D eigenvalue weighted by atomic mass is 10.0. The van der Waals surface area contributed by atoms with Gasteiger partial charge in [-0.15, -0.1) is 0 Å². The van der Waals surface area contributed by atoms with Gasteiger partial charge in [-0.25, -0.2) is 0 Å². The fourth-order valence-corrected chi connectivity index (χ4v) is 2.63. The first-order valence-electron chi connectivity index (χ1n) is 7.83. The molecule has 0 saturated carbocycles. The first kappa shape index (κ1) is 20.5. The van der Waals surface area contributed by atoms with Crippen LogP contribution in [-0.4, -0.2) is 17.1 Å². The van der Waals surface area contributed by atoms with Gasteiger partial charge in [-0.05, 0) is 51.7 Å². The number of hydrogen-bond donors (Lipinski definition) is 2. The maximum absolute atomic E-state index is 12.5. The summed E-state index contributed by atoms with van der Waals surface area (Å²) in [4.78, 5) is 12.5. The molecular weight excluding hydrogens is 380 g/mol. The largest absolute Gasteiger partial charge is 0.507 e. The van der Waals surface area contributed by atoms with Gasteiger partial charge in [0.05, 0.1) is 10.5 Å². The Balaban J connectivity index is 3.07. The van der Waals surface area contributed by atoms with E-state index in [-0.39, 0.29) is 17.4 Å². The number of rotatable bonds is 8. The lowest BCUT2D eigenvalue weighted by molar-refractivity contribution is -0.117. The van der Waals surface area contributed by atoms with Gasteiger partial charge in [-0.3, -0.25) is 4.79 Å². The SMILES string of the molecule is C=C/C=C(\C=C)[C@H](CCC)NC(=O)/C(C#N)=C/c1ccc(O)c(Br)c1. The molecule has 0 heterocycles. The zero-order valence-corrected chi connectivity index (χ0v) is 15.7. The van der Waals surface area contributed by atoms with Gasteiger partial charge in [-0.1, -0.05) is 50.8 Å². The summed E-state index contributed by atoms with van der Waals surface area (Å²) >= 11 is 3.21. The van der Waals surface area contributed by atoms with E-state index in [1.54, 1.807) is 30.4 Å². The van der Waals surface area contributed by atoms with Gasteiger partial charge in [0.25, 0.3) is 5.91 Å². The minimum atomic E-state index is -0.457. The molecule has 1 amide bonds. The van der Waals surface area contributed by atoms with E-state index >= 15 is 0 Å². The number of phenolic OH excluding ortho intramolecular Hbond substituents is 1. The summed E-state index contributed by atoms with van der Waals surface area (Å²) < 4.78 is 0.491. The highest BCUT2D eigenvalue weighted by Crippen LogP contribution is 2.25. The van der Waals surface area contributed by atoms with Gasteiger partial charge in [0.2, 0.25) is 0 Å². The van der Waals surface area contributed by atoms with Crippen molar-refractivity contribution >= 4 is 27.9 Å². The molecule has 0 unspecified atom stereocenters. The normalized spacial score (nSPS) is 12.8. The summed E-state index contributed by atoms with van der Waals surface area (Å²) in [7, 11) is 0. The number of nitrogens with zero attached hydrogens (tertiary/aromatic N) is 1. The molecule has 0 aliphatic rings. The van der Waals surface area contributed by atoms with E-state index in [4.69, 9.17) is 0 Å². The number of carbonyl (C=O) groups is 1. The third-order valence-electron chi connectivity index (χ3n) is 3.48. The van der Waals surface area contributed by atoms with Crippen LogP contribution in [0.4, 0.5) is 0 Å². The predicted molar refractivity (Wildman–Crippen MR) is 105 cm³/mol. The maximum Gasteiger partial charge on any atom is 0.262 e. The van der Waals surface area contributed by atoms with Gasteiger partial charge in [0.1, 0.15) is 17.4 Å². The first-order valence-corrected chi connectivity index (χ1v) is 8.62.